The van der Waals surface area contributed by atoms with Gasteiger partial charge in [-0.15, -0.1) is 0 Å². The summed E-state index contributed by atoms with van der Waals surface area (Å²) in [5.41, 5.74) is -1.72. The summed E-state index contributed by atoms with van der Waals surface area (Å²) in [6, 6.07) is 0. The second-order valence-corrected chi connectivity index (χ2v) is 11.9. The average molecular weight is 639 g/mol. The van der Waals surface area contributed by atoms with Crippen LogP contribution in [-0.2, 0) is 39.2 Å². The molecule has 0 fully saturated rings. The number of imidazole rings is 1. The number of nitrogens with one attached hydrogen (secondary N) is 2. The molecule has 42 heavy (non-hydrogen) atoms. The summed E-state index contributed by atoms with van der Waals surface area (Å²) in [6.07, 6.45) is 6.11. The van der Waals surface area contributed by atoms with E-state index in [1.54, 1.807) is 20.8 Å². The normalized spacial score (nSPS) is 13.1. The van der Waals surface area contributed by atoms with E-state index in [4.69, 9.17) is 9.47 Å². The number of carbonyl (C=O) groups is 3. The number of aromatic amines is 1. The predicted octanol–water partition coefficient (Wildman–Crippen LogP) is 2.45. The molecule has 2 aromatic heterocycles. The number of aryl methyl sites for hydroxylation is 2. The molecular formula is C22H33F6N6O7P. The summed E-state index contributed by atoms with van der Waals surface area (Å²) in [4.78, 5) is 64.2. The van der Waals surface area contributed by atoms with Crippen LogP contribution in [0.2, 0.25) is 0 Å². The fourth-order valence-corrected chi connectivity index (χ4v) is 2.98. The molecule has 0 bridgehead atoms. The zero-order valence-corrected chi connectivity index (χ0v) is 24.3. The summed E-state index contributed by atoms with van der Waals surface area (Å²) >= 11 is 0. The minimum absolute atomic E-state index is 0.00729. The molecule has 0 aliphatic rings. The average Bonchev–Trinajstić information content (AvgIpc) is 3.18. The molecule has 2 heterocycles. The second kappa shape index (κ2) is 13.0. The molecule has 0 radical (unpaired) electrons. The molecule has 0 saturated heterocycles. The monoisotopic (exact) mass is 638 g/mol. The molecule has 0 saturated carbocycles. The number of ether oxygens (including phenoxy) is 2. The van der Waals surface area contributed by atoms with Crippen molar-refractivity contribution in [2.24, 2.45) is 7.05 Å². The topological polar surface area (TPSA) is 149 Å². The number of rotatable bonds is 10. The van der Waals surface area contributed by atoms with E-state index in [-0.39, 0.29) is 31.8 Å². The number of hydrogen-bond donors (Lipinski definition) is 2. The molecule has 0 aliphatic heterocycles. The molecule has 13 nitrogen and oxygen atoms in total. The van der Waals surface area contributed by atoms with Gasteiger partial charge in [0, 0.05) is 24.8 Å². The van der Waals surface area contributed by atoms with E-state index < -0.39 is 49.2 Å². The van der Waals surface area contributed by atoms with Gasteiger partial charge in [-0.1, -0.05) is 0 Å². The van der Waals surface area contributed by atoms with Crippen molar-refractivity contribution in [3.8, 4) is 0 Å². The van der Waals surface area contributed by atoms with Gasteiger partial charge in [0.2, 0.25) is 12.2 Å². The molecule has 240 valence electrons. The predicted molar refractivity (Wildman–Crippen MR) is 137 cm³/mol. The molecule has 20 heteroatoms. The first kappa shape index (κ1) is 36.1. The summed E-state index contributed by atoms with van der Waals surface area (Å²) in [6.45, 7) is 6.38. The van der Waals surface area contributed by atoms with Crippen LogP contribution in [0.15, 0.2) is 34.5 Å². The van der Waals surface area contributed by atoms with Gasteiger partial charge >= 0.3 is 50.7 Å². The Labute approximate surface area is 235 Å². The summed E-state index contributed by atoms with van der Waals surface area (Å²) in [7, 11) is -8.79. The van der Waals surface area contributed by atoms with Crippen LogP contribution in [0, 0.1) is 6.92 Å². The van der Waals surface area contributed by atoms with Crippen LogP contribution in [0.3, 0.4) is 0 Å². The van der Waals surface area contributed by atoms with E-state index in [0.29, 0.717) is 6.54 Å². The molecule has 2 N–H and O–H groups in total. The molecular weight excluding hydrogens is 605 g/mol. The molecule has 0 aliphatic carbocycles. The number of esters is 1. The Morgan fingerprint density at radius 2 is 1.71 bits per heavy atom. The van der Waals surface area contributed by atoms with Crippen molar-refractivity contribution in [3.63, 3.8) is 0 Å². The van der Waals surface area contributed by atoms with Gasteiger partial charge in [0.1, 0.15) is 44.2 Å². The van der Waals surface area contributed by atoms with Crippen LogP contribution in [0.4, 0.5) is 30.0 Å². The molecule has 0 unspecified atom stereocenters. The molecule has 2 rings (SSSR count). The Hall–Kier alpha value is -3.89. The van der Waals surface area contributed by atoms with E-state index in [1.807, 2.05) is 34.9 Å². The van der Waals surface area contributed by atoms with E-state index in [1.165, 1.54) is 18.0 Å². The number of H-pyrrole nitrogens is 1. The standard InChI is InChI=1S/C22H32N6O7.F6P/c1-16-12-28(20(32)24-19(16)31)13-17(29)27(7-6-23-21(33)35-22(2,3)4)14-18(30)34-11-10-26-9-8-25(5)15-26;1-7(2,3,4,5)6/h8-9,12,15H,6-7,10-11,13-14H2,1-5H3,(H-,23,24,31,32,33);/q;-1/p+1. The number of halogens is 6. The fourth-order valence-electron chi connectivity index (χ4n) is 2.98. The Bertz CT molecular complexity index is 1370. The zero-order chi connectivity index (χ0) is 32.6. The Kier molecular flexibility index (Phi) is 11.1. The van der Waals surface area contributed by atoms with Gasteiger partial charge in [0.15, 0.2) is 0 Å². The van der Waals surface area contributed by atoms with Gasteiger partial charge in [-0.25, -0.2) is 18.7 Å². The third-order valence-corrected chi connectivity index (χ3v) is 4.65. The van der Waals surface area contributed by atoms with E-state index >= 15 is 0 Å². The molecule has 0 aromatic carbocycles. The van der Waals surface area contributed by atoms with Crippen molar-refractivity contribution in [2.75, 3.05) is 26.2 Å². The number of aromatic nitrogens is 4. The second-order valence-electron chi connectivity index (χ2n) is 9.94. The summed E-state index contributed by atoms with van der Waals surface area (Å²) in [5.74, 6) is -1.21. The first-order chi connectivity index (χ1) is 18.8. The maximum absolute atomic E-state index is 12.9. The van der Waals surface area contributed by atoms with E-state index in [2.05, 4.69) is 10.3 Å². The summed E-state index contributed by atoms with van der Waals surface area (Å²) in [5, 5.41) is 2.53. The van der Waals surface area contributed by atoms with E-state index in [9.17, 15) is 49.2 Å². The van der Waals surface area contributed by atoms with Crippen LogP contribution in [-0.4, -0.2) is 68.8 Å². The number of nitrogens with zero attached hydrogens (tertiary/aromatic N) is 4. The number of alkyl carbamates (subject to hydrolysis) is 1. The van der Waals surface area contributed by atoms with Gasteiger partial charge in [0.05, 0.1) is 7.05 Å². The Morgan fingerprint density at radius 1 is 1.12 bits per heavy atom. The number of hydrogen-bond acceptors (Lipinski definition) is 7. The van der Waals surface area contributed by atoms with Gasteiger partial charge in [-0.05, 0) is 27.7 Å². The molecule has 2 amide bonds. The van der Waals surface area contributed by atoms with Crippen molar-refractivity contribution in [3.05, 3.63) is 51.3 Å². The van der Waals surface area contributed by atoms with Gasteiger partial charge in [-0.2, -0.15) is 0 Å². The first-order valence-corrected chi connectivity index (χ1v) is 14.1. The zero-order valence-electron chi connectivity index (χ0n) is 23.4. The Balaban J connectivity index is 0.00000112. The van der Waals surface area contributed by atoms with Crippen LogP contribution in [0.5, 0.6) is 0 Å². The van der Waals surface area contributed by atoms with Gasteiger partial charge in [-0.3, -0.25) is 23.9 Å². The van der Waals surface area contributed by atoms with Crippen molar-refractivity contribution >= 4 is 25.8 Å². The Morgan fingerprint density at radius 3 is 2.24 bits per heavy atom. The third-order valence-electron chi connectivity index (χ3n) is 4.65. The van der Waals surface area contributed by atoms with E-state index in [0.717, 1.165) is 4.57 Å². The number of carbonyl (C=O) groups excluding carboxylic acids is 3. The quantitative estimate of drug-likeness (QED) is 0.176. The maximum atomic E-state index is 12.9. The minimum atomic E-state index is -10.7. The SMILES string of the molecule is Cc1cn(CC(=O)N(CCNC(=O)OC(C)(C)C)CC(=O)OCCn2cc[n+](C)c2)c(=O)[nH]c1=O.F[P-](F)(F)(F)(F)F. The fraction of sp³-hybridized carbons (Fsp3) is 0.545. The van der Waals surface area contributed by atoms with Crippen LogP contribution < -0.4 is 21.1 Å². The van der Waals surface area contributed by atoms with Crippen LogP contribution in [0.1, 0.15) is 26.3 Å². The summed E-state index contributed by atoms with van der Waals surface area (Å²) < 4.78 is 74.3. The molecule has 0 spiro atoms. The molecule has 2 aromatic rings. The van der Waals surface area contributed by atoms with Crippen molar-refractivity contribution < 1.29 is 53.6 Å². The van der Waals surface area contributed by atoms with Gasteiger partial charge < -0.3 is 19.7 Å². The first-order valence-electron chi connectivity index (χ1n) is 12.1. The third kappa shape index (κ3) is 17.7. The number of amides is 2. The van der Waals surface area contributed by atoms with Crippen molar-refractivity contribution in [2.45, 2.75) is 46.4 Å². The van der Waals surface area contributed by atoms with Crippen LogP contribution in [0.25, 0.3) is 0 Å². The van der Waals surface area contributed by atoms with Crippen LogP contribution >= 0.6 is 7.81 Å². The van der Waals surface area contributed by atoms with Gasteiger partial charge in [0.25, 0.3) is 5.56 Å². The van der Waals surface area contributed by atoms with Crippen molar-refractivity contribution in [1.82, 2.24) is 24.3 Å². The van der Waals surface area contributed by atoms with Crippen molar-refractivity contribution in [1.29, 1.82) is 0 Å². The molecule has 0 atom stereocenters.